The van der Waals surface area contributed by atoms with Crippen LogP contribution in [-0.4, -0.2) is 22.4 Å². The lowest BCUT2D eigenvalue weighted by molar-refractivity contribution is 0.411. The molecule has 0 amide bonds. The van der Waals surface area contributed by atoms with E-state index in [0.29, 0.717) is 0 Å². The van der Waals surface area contributed by atoms with E-state index in [1.165, 1.54) is 11.3 Å². The van der Waals surface area contributed by atoms with Gasteiger partial charge in [0, 0.05) is 18.3 Å². The first-order valence-electron chi connectivity index (χ1n) is 6.97. The van der Waals surface area contributed by atoms with Gasteiger partial charge in [-0.05, 0) is 60.5 Å². The number of nitrogens with zero attached hydrogens (tertiary/aromatic N) is 2. The molecule has 0 saturated carbocycles. The second kappa shape index (κ2) is 6.62. The number of nitrogens with one attached hydrogen (secondary N) is 1. The monoisotopic (exact) mass is 351 g/mol. The van der Waals surface area contributed by atoms with E-state index in [0.717, 1.165) is 23.3 Å². The van der Waals surface area contributed by atoms with E-state index in [-0.39, 0.29) is 5.54 Å². The molecule has 5 heteroatoms. The number of halogens is 1. The highest BCUT2D eigenvalue weighted by atomic mass is 79.9. The van der Waals surface area contributed by atoms with Crippen LogP contribution in [0.2, 0.25) is 0 Å². The maximum absolute atomic E-state index is 5.26. The van der Waals surface area contributed by atoms with E-state index in [1.54, 1.807) is 7.11 Å². The number of aromatic nitrogens is 2. The zero-order valence-corrected chi connectivity index (χ0v) is 14.6. The van der Waals surface area contributed by atoms with Crippen LogP contribution in [0.3, 0.4) is 0 Å². The summed E-state index contributed by atoms with van der Waals surface area (Å²) in [5.41, 5.74) is 2.46. The van der Waals surface area contributed by atoms with Gasteiger partial charge < -0.3 is 10.1 Å². The van der Waals surface area contributed by atoms with Crippen molar-refractivity contribution in [1.82, 2.24) is 15.1 Å². The van der Waals surface area contributed by atoms with Gasteiger partial charge in [-0.15, -0.1) is 0 Å². The van der Waals surface area contributed by atoms with Crippen molar-refractivity contribution in [3.63, 3.8) is 0 Å². The molecule has 1 aromatic carbocycles. The van der Waals surface area contributed by atoms with E-state index in [1.807, 2.05) is 16.9 Å². The highest BCUT2D eigenvalue weighted by Crippen LogP contribution is 2.25. The molecule has 4 nitrogen and oxygen atoms in total. The van der Waals surface area contributed by atoms with Crippen LogP contribution in [0.4, 0.5) is 0 Å². The minimum atomic E-state index is 0.0955. The smallest absolute Gasteiger partial charge is 0.133 e. The van der Waals surface area contributed by atoms with Crippen LogP contribution in [-0.2, 0) is 13.1 Å². The average molecular weight is 352 g/mol. The lowest BCUT2D eigenvalue weighted by Crippen LogP contribution is -2.35. The van der Waals surface area contributed by atoms with Gasteiger partial charge in [0.15, 0.2) is 0 Å². The summed E-state index contributed by atoms with van der Waals surface area (Å²) in [6.07, 6.45) is 1.85. The summed E-state index contributed by atoms with van der Waals surface area (Å²) in [5, 5.41) is 7.90. The Kier molecular flexibility index (Phi) is 5.06. The fraction of sp³-hybridized carbons (Fsp3) is 0.438. The van der Waals surface area contributed by atoms with Crippen molar-refractivity contribution in [3.05, 3.63) is 46.2 Å². The van der Waals surface area contributed by atoms with Crippen molar-refractivity contribution in [2.24, 2.45) is 0 Å². The Morgan fingerprint density at radius 2 is 2.05 bits per heavy atom. The first-order chi connectivity index (χ1) is 9.89. The minimum Gasteiger partial charge on any atom is -0.496 e. The van der Waals surface area contributed by atoms with E-state index in [2.05, 4.69) is 65.3 Å². The molecule has 0 radical (unpaired) electrons. The van der Waals surface area contributed by atoms with Crippen LogP contribution >= 0.6 is 15.9 Å². The topological polar surface area (TPSA) is 39.1 Å². The molecule has 2 rings (SSSR count). The molecule has 0 aliphatic heterocycles. The number of hydrogen-bond acceptors (Lipinski definition) is 3. The van der Waals surface area contributed by atoms with Gasteiger partial charge in [-0.2, -0.15) is 5.10 Å². The van der Waals surface area contributed by atoms with Gasteiger partial charge in [0.05, 0.1) is 23.8 Å². The number of methoxy groups -OCH3 is 1. The molecular weight excluding hydrogens is 330 g/mol. The van der Waals surface area contributed by atoms with Crippen molar-refractivity contribution in [1.29, 1.82) is 0 Å². The lowest BCUT2D eigenvalue weighted by Gasteiger charge is -2.20. The van der Waals surface area contributed by atoms with Crippen molar-refractivity contribution in [3.8, 4) is 5.75 Å². The Hall–Kier alpha value is -1.33. The van der Waals surface area contributed by atoms with E-state index < -0.39 is 0 Å². The van der Waals surface area contributed by atoms with Crippen molar-refractivity contribution in [2.75, 3.05) is 7.11 Å². The van der Waals surface area contributed by atoms with Crippen LogP contribution in [0.25, 0.3) is 0 Å². The first-order valence-corrected chi connectivity index (χ1v) is 7.76. The summed E-state index contributed by atoms with van der Waals surface area (Å²) in [6.45, 7) is 8.04. The summed E-state index contributed by atoms with van der Waals surface area (Å²) in [5.74, 6) is 0.842. The molecule has 21 heavy (non-hydrogen) atoms. The second-order valence-corrected chi connectivity index (χ2v) is 6.91. The van der Waals surface area contributed by atoms with E-state index >= 15 is 0 Å². The van der Waals surface area contributed by atoms with Crippen molar-refractivity contribution >= 4 is 15.9 Å². The predicted molar refractivity (Wildman–Crippen MR) is 88.6 cm³/mol. The van der Waals surface area contributed by atoms with Crippen molar-refractivity contribution < 1.29 is 4.74 Å². The molecule has 1 heterocycles. The normalized spacial score (nSPS) is 11.7. The van der Waals surface area contributed by atoms with E-state index in [4.69, 9.17) is 4.74 Å². The molecule has 0 aliphatic carbocycles. The number of rotatable bonds is 5. The van der Waals surface area contributed by atoms with Gasteiger partial charge in [-0.3, -0.25) is 4.68 Å². The predicted octanol–water partition coefficient (Wildman–Crippen LogP) is 3.59. The summed E-state index contributed by atoms with van der Waals surface area (Å²) < 4.78 is 8.24. The molecule has 1 aromatic heterocycles. The molecule has 0 spiro atoms. The van der Waals surface area contributed by atoms with Crippen molar-refractivity contribution in [2.45, 2.75) is 39.4 Å². The molecule has 0 saturated heterocycles. The number of hydrogen-bond donors (Lipinski definition) is 1. The molecule has 114 valence electrons. The van der Waals surface area contributed by atoms with Crippen LogP contribution in [0.1, 0.15) is 32.0 Å². The number of ether oxygens (including phenoxy) is 1. The van der Waals surface area contributed by atoms with Crippen LogP contribution < -0.4 is 10.1 Å². The standard InChI is InChI=1S/C16H22BrN3O/c1-16(2,3)18-10-13-7-8-19-20(13)11-12-5-6-15(21-4)14(17)9-12/h5-9,18H,10-11H2,1-4H3. The van der Waals surface area contributed by atoms with Gasteiger partial charge in [-0.1, -0.05) is 6.07 Å². The molecule has 1 N–H and O–H groups in total. The Labute approximate surface area is 134 Å². The first kappa shape index (κ1) is 16.0. The third kappa shape index (κ3) is 4.58. The van der Waals surface area contributed by atoms with Crippen LogP contribution in [0.15, 0.2) is 34.9 Å². The number of benzene rings is 1. The third-order valence-corrected chi connectivity index (χ3v) is 3.77. The van der Waals surface area contributed by atoms with Gasteiger partial charge in [0.2, 0.25) is 0 Å². The maximum Gasteiger partial charge on any atom is 0.133 e. The zero-order valence-electron chi connectivity index (χ0n) is 13.0. The van der Waals surface area contributed by atoms with Crippen LogP contribution in [0.5, 0.6) is 5.75 Å². The fourth-order valence-corrected chi connectivity index (χ4v) is 2.58. The van der Waals surface area contributed by atoms with E-state index in [9.17, 15) is 0 Å². The summed E-state index contributed by atoms with van der Waals surface area (Å²) >= 11 is 3.52. The Bertz CT molecular complexity index is 602. The minimum absolute atomic E-state index is 0.0955. The largest absolute Gasteiger partial charge is 0.496 e. The second-order valence-electron chi connectivity index (χ2n) is 6.05. The fourth-order valence-electron chi connectivity index (χ4n) is 1.99. The molecule has 0 fully saturated rings. The van der Waals surface area contributed by atoms with Gasteiger partial charge >= 0.3 is 0 Å². The summed E-state index contributed by atoms with van der Waals surface area (Å²) in [7, 11) is 1.67. The Balaban J connectivity index is 2.10. The van der Waals surface area contributed by atoms with Crippen LogP contribution in [0, 0.1) is 0 Å². The molecule has 0 aliphatic rings. The maximum atomic E-state index is 5.26. The summed E-state index contributed by atoms with van der Waals surface area (Å²) in [4.78, 5) is 0. The Morgan fingerprint density at radius 3 is 2.67 bits per heavy atom. The molecule has 0 bridgehead atoms. The average Bonchev–Trinajstić information content (AvgIpc) is 2.83. The van der Waals surface area contributed by atoms with Gasteiger partial charge in [-0.25, -0.2) is 0 Å². The Morgan fingerprint density at radius 1 is 1.29 bits per heavy atom. The SMILES string of the molecule is COc1ccc(Cn2nccc2CNC(C)(C)C)cc1Br. The lowest BCUT2D eigenvalue weighted by atomic mass is 10.1. The zero-order chi connectivity index (χ0) is 15.5. The highest BCUT2D eigenvalue weighted by Gasteiger charge is 2.11. The highest BCUT2D eigenvalue weighted by molar-refractivity contribution is 9.10. The molecular formula is C16H22BrN3O. The molecule has 0 unspecified atom stereocenters. The quantitative estimate of drug-likeness (QED) is 0.894. The van der Waals surface area contributed by atoms with Gasteiger partial charge in [0.1, 0.15) is 5.75 Å². The third-order valence-electron chi connectivity index (χ3n) is 3.15. The summed E-state index contributed by atoms with van der Waals surface area (Å²) in [6, 6.07) is 8.15. The molecule has 0 atom stereocenters. The molecule has 2 aromatic rings. The van der Waals surface area contributed by atoms with Gasteiger partial charge in [0.25, 0.3) is 0 Å².